The van der Waals surface area contributed by atoms with Crippen molar-refractivity contribution in [3.63, 3.8) is 0 Å². The van der Waals surface area contributed by atoms with Crippen molar-refractivity contribution in [2.75, 3.05) is 18.0 Å². The van der Waals surface area contributed by atoms with E-state index in [-0.39, 0.29) is 5.91 Å². The lowest BCUT2D eigenvalue weighted by atomic mass is 9.99. The molecule has 130 valence electrons. The number of amides is 1. The monoisotopic (exact) mass is 336 g/mol. The molecule has 1 fully saturated rings. The number of likely N-dealkylation sites (tertiary alicyclic amines) is 1. The molecule has 2 aromatic rings. The summed E-state index contributed by atoms with van der Waals surface area (Å²) in [5.41, 5.74) is 2.96. The molecule has 2 aliphatic heterocycles. The number of hydrogen-bond donors (Lipinski definition) is 0. The Morgan fingerprint density at radius 2 is 1.80 bits per heavy atom. The van der Waals surface area contributed by atoms with Gasteiger partial charge in [-0.25, -0.2) is 0 Å². The van der Waals surface area contributed by atoms with Crippen molar-refractivity contribution in [1.82, 2.24) is 15.1 Å². The van der Waals surface area contributed by atoms with E-state index in [1.54, 1.807) is 0 Å². The summed E-state index contributed by atoms with van der Waals surface area (Å²) in [6, 6.07) is 12.5. The molecule has 3 heterocycles. The van der Waals surface area contributed by atoms with Crippen molar-refractivity contribution in [2.24, 2.45) is 5.92 Å². The largest absolute Gasteiger partial charge is 0.337 e. The van der Waals surface area contributed by atoms with Gasteiger partial charge in [0, 0.05) is 24.8 Å². The number of aromatic nitrogens is 2. The lowest BCUT2D eigenvalue weighted by Crippen LogP contribution is -2.38. The van der Waals surface area contributed by atoms with Crippen molar-refractivity contribution >= 4 is 17.4 Å². The van der Waals surface area contributed by atoms with E-state index in [2.05, 4.69) is 47.1 Å². The first-order chi connectivity index (χ1) is 12.1. The summed E-state index contributed by atoms with van der Waals surface area (Å²) in [6.45, 7) is 6.07. The van der Waals surface area contributed by atoms with Crippen LogP contribution in [0.25, 0.3) is 0 Å². The maximum atomic E-state index is 12.6. The number of para-hydroxylation sites is 1. The zero-order valence-corrected chi connectivity index (χ0v) is 14.9. The number of nitrogens with zero attached hydrogens (tertiary/aromatic N) is 4. The van der Waals surface area contributed by atoms with Gasteiger partial charge in [-0.05, 0) is 55.9 Å². The Morgan fingerprint density at radius 1 is 1.04 bits per heavy atom. The summed E-state index contributed by atoms with van der Waals surface area (Å²) in [5, 5.41) is 8.61. The second kappa shape index (κ2) is 6.47. The molecule has 4 rings (SSSR count). The predicted octanol–water partition coefficient (Wildman–Crippen LogP) is 3.43. The maximum absolute atomic E-state index is 12.6. The van der Waals surface area contributed by atoms with Crippen LogP contribution in [0.4, 0.5) is 11.5 Å². The van der Waals surface area contributed by atoms with Gasteiger partial charge in [0.15, 0.2) is 11.5 Å². The van der Waals surface area contributed by atoms with Gasteiger partial charge in [-0.3, -0.25) is 4.79 Å². The second-order valence-electron chi connectivity index (χ2n) is 7.30. The normalized spacial score (nSPS) is 20.6. The zero-order chi connectivity index (χ0) is 17.4. The number of carbonyl (C=O) groups is 1. The lowest BCUT2D eigenvalue weighted by Gasteiger charge is -2.30. The molecular weight excluding hydrogens is 312 g/mol. The second-order valence-corrected chi connectivity index (χ2v) is 7.30. The van der Waals surface area contributed by atoms with Crippen LogP contribution in [0.15, 0.2) is 36.4 Å². The first kappa shape index (κ1) is 16.1. The molecule has 5 nitrogen and oxygen atoms in total. The number of fused-ring (bicyclic) bond motifs is 1. The third-order valence-corrected chi connectivity index (χ3v) is 5.39. The number of hydrogen-bond acceptors (Lipinski definition) is 4. The van der Waals surface area contributed by atoms with E-state index in [0.29, 0.717) is 17.7 Å². The highest BCUT2D eigenvalue weighted by Crippen LogP contribution is 2.36. The molecule has 2 aliphatic rings. The minimum Gasteiger partial charge on any atom is -0.337 e. The van der Waals surface area contributed by atoms with Crippen molar-refractivity contribution in [3.8, 4) is 0 Å². The van der Waals surface area contributed by atoms with Crippen LogP contribution in [-0.2, 0) is 6.42 Å². The van der Waals surface area contributed by atoms with Crippen molar-refractivity contribution in [3.05, 3.63) is 47.7 Å². The summed E-state index contributed by atoms with van der Waals surface area (Å²) in [6.07, 6.45) is 3.14. The highest BCUT2D eigenvalue weighted by molar-refractivity contribution is 5.92. The Morgan fingerprint density at radius 3 is 2.52 bits per heavy atom. The first-order valence-electron chi connectivity index (χ1n) is 9.13. The molecule has 0 N–H and O–H groups in total. The molecule has 1 saturated heterocycles. The molecular formula is C20H24N4O. The molecule has 1 atom stereocenters. The molecule has 0 radical (unpaired) electrons. The quantitative estimate of drug-likeness (QED) is 0.843. The van der Waals surface area contributed by atoms with E-state index >= 15 is 0 Å². The number of carbonyl (C=O) groups excluding carboxylic acids is 1. The minimum absolute atomic E-state index is 0.000760. The van der Waals surface area contributed by atoms with Crippen LogP contribution >= 0.6 is 0 Å². The van der Waals surface area contributed by atoms with E-state index in [1.165, 1.54) is 11.3 Å². The Balaban J connectivity index is 1.54. The Bertz CT molecular complexity index is 766. The smallest absolute Gasteiger partial charge is 0.274 e. The van der Waals surface area contributed by atoms with Crippen LogP contribution in [0, 0.1) is 5.92 Å². The van der Waals surface area contributed by atoms with Gasteiger partial charge in [0.1, 0.15) is 0 Å². The summed E-state index contributed by atoms with van der Waals surface area (Å²) < 4.78 is 0. The van der Waals surface area contributed by atoms with Gasteiger partial charge < -0.3 is 9.80 Å². The van der Waals surface area contributed by atoms with Crippen LogP contribution in [0.2, 0.25) is 0 Å². The van der Waals surface area contributed by atoms with Gasteiger partial charge in [-0.15, -0.1) is 10.2 Å². The fourth-order valence-electron chi connectivity index (χ4n) is 3.86. The van der Waals surface area contributed by atoms with Crippen LogP contribution in [-0.4, -0.2) is 40.1 Å². The number of benzene rings is 1. The summed E-state index contributed by atoms with van der Waals surface area (Å²) in [4.78, 5) is 16.7. The lowest BCUT2D eigenvalue weighted by molar-refractivity contribution is 0.0690. The molecule has 1 amide bonds. The number of rotatable bonds is 2. The highest BCUT2D eigenvalue weighted by Gasteiger charge is 2.28. The average Bonchev–Trinajstić information content (AvgIpc) is 2.97. The number of anilines is 2. The van der Waals surface area contributed by atoms with E-state index in [4.69, 9.17) is 0 Å². The molecule has 1 aromatic carbocycles. The third-order valence-electron chi connectivity index (χ3n) is 5.39. The zero-order valence-electron chi connectivity index (χ0n) is 14.9. The molecule has 1 unspecified atom stereocenters. The van der Waals surface area contributed by atoms with Gasteiger partial charge >= 0.3 is 0 Å². The van der Waals surface area contributed by atoms with Crippen LogP contribution < -0.4 is 4.90 Å². The molecule has 25 heavy (non-hydrogen) atoms. The summed E-state index contributed by atoms with van der Waals surface area (Å²) in [5.74, 6) is 1.51. The molecule has 0 aliphatic carbocycles. The average molecular weight is 336 g/mol. The number of piperidine rings is 1. The third kappa shape index (κ3) is 2.99. The minimum atomic E-state index is 0.000760. The van der Waals surface area contributed by atoms with Gasteiger partial charge in [-0.2, -0.15) is 0 Å². The maximum Gasteiger partial charge on any atom is 0.274 e. The van der Waals surface area contributed by atoms with Gasteiger partial charge in [0.2, 0.25) is 0 Å². The van der Waals surface area contributed by atoms with Crippen LogP contribution in [0.1, 0.15) is 42.7 Å². The van der Waals surface area contributed by atoms with E-state index in [9.17, 15) is 4.79 Å². The SMILES string of the molecule is CC1CCN(C(=O)c2ccc(N3c4ccccc4CC3C)nn2)CC1. The van der Waals surface area contributed by atoms with E-state index < -0.39 is 0 Å². The first-order valence-corrected chi connectivity index (χ1v) is 9.13. The van der Waals surface area contributed by atoms with E-state index in [0.717, 1.165) is 38.2 Å². The Labute approximate surface area is 148 Å². The molecule has 5 heteroatoms. The molecule has 0 saturated carbocycles. The summed E-state index contributed by atoms with van der Waals surface area (Å²) in [7, 11) is 0. The molecule has 0 bridgehead atoms. The van der Waals surface area contributed by atoms with Crippen molar-refractivity contribution < 1.29 is 4.79 Å². The molecule has 0 spiro atoms. The summed E-state index contributed by atoms with van der Waals surface area (Å²) >= 11 is 0. The fraction of sp³-hybridized carbons (Fsp3) is 0.450. The fourth-order valence-corrected chi connectivity index (χ4v) is 3.86. The van der Waals surface area contributed by atoms with Crippen molar-refractivity contribution in [2.45, 2.75) is 39.2 Å². The van der Waals surface area contributed by atoms with E-state index in [1.807, 2.05) is 23.1 Å². The van der Waals surface area contributed by atoms with Crippen molar-refractivity contribution in [1.29, 1.82) is 0 Å². The molecule has 1 aromatic heterocycles. The Hall–Kier alpha value is -2.43. The topological polar surface area (TPSA) is 49.3 Å². The van der Waals surface area contributed by atoms with Gasteiger partial charge in [0.25, 0.3) is 5.91 Å². The predicted molar refractivity (Wildman–Crippen MR) is 98.1 cm³/mol. The Kier molecular flexibility index (Phi) is 4.15. The van der Waals surface area contributed by atoms with Gasteiger partial charge in [-0.1, -0.05) is 25.1 Å². The van der Waals surface area contributed by atoms with Crippen LogP contribution in [0.3, 0.4) is 0 Å². The standard InChI is InChI=1S/C20H24N4O/c1-14-9-11-23(12-10-14)20(25)17-7-8-19(22-21-17)24-15(2)13-16-5-3-4-6-18(16)24/h3-8,14-15H,9-13H2,1-2H3. The highest BCUT2D eigenvalue weighted by atomic mass is 16.2. The van der Waals surface area contributed by atoms with Gasteiger partial charge in [0.05, 0.1) is 0 Å². The van der Waals surface area contributed by atoms with Crippen LogP contribution in [0.5, 0.6) is 0 Å².